The molecular formula is C26H24F3N5O. The predicted molar refractivity (Wildman–Crippen MR) is 126 cm³/mol. The Kier molecular flexibility index (Phi) is 6.02. The van der Waals surface area contributed by atoms with Crippen LogP contribution in [0, 0.1) is 6.92 Å². The molecule has 1 fully saturated rings. The maximum absolute atomic E-state index is 13.3. The van der Waals surface area contributed by atoms with Crippen LogP contribution in [0.1, 0.15) is 27.0 Å². The van der Waals surface area contributed by atoms with E-state index in [1.807, 2.05) is 37.3 Å². The average molecular weight is 480 g/mol. The molecule has 0 atom stereocenters. The van der Waals surface area contributed by atoms with Crippen molar-refractivity contribution in [2.75, 3.05) is 26.2 Å². The zero-order chi connectivity index (χ0) is 24.6. The van der Waals surface area contributed by atoms with Gasteiger partial charge in [-0.1, -0.05) is 48.0 Å². The highest BCUT2D eigenvalue weighted by Gasteiger charge is 2.31. The highest BCUT2D eigenvalue weighted by atomic mass is 19.4. The number of benzene rings is 2. The summed E-state index contributed by atoms with van der Waals surface area (Å²) in [5.41, 5.74) is 3.88. The van der Waals surface area contributed by atoms with Gasteiger partial charge in [-0.15, -0.1) is 0 Å². The van der Waals surface area contributed by atoms with Crippen LogP contribution >= 0.6 is 0 Å². The molecule has 1 amide bonds. The van der Waals surface area contributed by atoms with Gasteiger partial charge in [0, 0.05) is 44.5 Å². The highest BCUT2D eigenvalue weighted by molar-refractivity contribution is 6.00. The molecule has 4 aromatic rings. The summed E-state index contributed by atoms with van der Waals surface area (Å²) in [5, 5.41) is 4.44. The first-order chi connectivity index (χ1) is 16.8. The molecule has 0 saturated carbocycles. The first-order valence-electron chi connectivity index (χ1n) is 11.4. The van der Waals surface area contributed by atoms with Gasteiger partial charge in [0.15, 0.2) is 5.65 Å². The fourth-order valence-electron chi connectivity index (χ4n) is 4.37. The van der Waals surface area contributed by atoms with Gasteiger partial charge in [-0.05, 0) is 24.6 Å². The standard InChI is InChI=1S/C26H24F3N5O/c1-18-5-7-20(8-6-18)23-9-10-30-24-22(16-31-34(23)24)25(35)33-13-11-32(12-14-33)17-19-3-2-4-21(15-19)26(27,28)29/h2-10,15-16H,11-14,17H2,1H3. The number of hydrogen-bond acceptors (Lipinski definition) is 4. The Bertz CT molecular complexity index is 1360. The number of aryl methyl sites for hydroxylation is 1. The third kappa shape index (κ3) is 4.77. The molecule has 0 unspecified atom stereocenters. The van der Waals surface area contributed by atoms with Crippen molar-refractivity contribution in [3.05, 3.63) is 89.2 Å². The second-order valence-corrected chi connectivity index (χ2v) is 8.76. The predicted octanol–water partition coefficient (Wildman–Crippen LogP) is 4.68. The number of fused-ring (bicyclic) bond motifs is 1. The molecule has 9 heteroatoms. The molecule has 0 aliphatic carbocycles. The summed E-state index contributed by atoms with van der Waals surface area (Å²) in [5.74, 6) is -0.146. The van der Waals surface area contributed by atoms with Crippen molar-refractivity contribution in [3.8, 4) is 11.3 Å². The lowest BCUT2D eigenvalue weighted by molar-refractivity contribution is -0.137. The topological polar surface area (TPSA) is 53.7 Å². The first-order valence-corrected chi connectivity index (χ1v) is 11.4. The van der Waals surface area contributed by atoms with Crippen molar-refractivity contribution in [1.82, 2.24) is 24.4 Å². The molecule has 35 heavy (non-hydrogen) atoms. The number of piperazine rings is 1. The van der Waals surface area contributed by atoms with Crippen LogP contribution in [0.3, 0.4) is 0 Å². The number of carbonyl (C=O) groups excluding carboxylic acids is 1. The monoisotopic (exact) mass is 479 g/mol. The third-order valence-corrected chi connectivity index (χ3v) is 6.30. The van der Waals surface area contributed by atoms with E-state index in [1.165, 1.54) is 12.1 Å². The molecule has 2 aromatic carbocycles. The summed E-state index contributed by atoms with van der Waals surface area (Å²) in [6.45, 7) is 4.53. The Morgan fingerprint density at radius 1 is 1.00 bits per heavy atom. The minimum absolute atomic E-state index is 0.146. The second-order valence-electron chi connectivity index (χ2n) is 8.76. The number of nitrogens with zero attached hydrogens (tertiary/aromatic N) is 5. The minimum Gasteiger partial charge on any atom is -0.336 e. The maximum Gasteiger partial charge on any atom is 0.416 e. The average Bonchev–Trinajstić information content (AvgIpc) is 3.29. The van der Waals surface area contributed by atoms with Crippen LogP contribution < -0.4 is 0 Å². The number of alkyl halides is 3. The summed E-state index contributed by atoms with van der Waals surface area (Å²) in [4.78, 5) is 21.5. The minimum atomic E-state index is -4.36. The smallest absolute Gasteiger partial charge is 0.336 e. The number of hydrogen-bond donors (Lipinski definition) is 0. The summed E-state index contributed by atoms with van der Waals surface area (Å²) in [7, 11) is 0. The number of carbonyl (C=O) groups is 1. The Morgan fingerprint density at radius 3 is 2.46 bits per heavy atom. The van der Waals surface area contributed by atoms with Gasteiger partial charge in [-0.25, -0.2) is 9.50 Å². The molecule has 1 saturated heterocycles. The van der Waals surface area contributed by atoms with Crippen LogP contribution in [0.2, 0.25) is 0 Å². The summed E-state index contributed by atoms with van der Waals surface area (Å²) < 4.78 is 40.7. The van der Waals surface area contributed by atoms with E-state index in [4.69, 9.17) is 0 Å². The highest BCUT2D eigenvalue weighted by Crippen LogP contribution is 2.30. The normalized spacial score (nSPS) is 15.0. The second kappa shape index (κ2) is 9.14. The summed E-state index contributed by atoms with van der Waals surface area (Å²) in [6, 6.07) is 15.3. The molecule has 2 aromatic heterocycles. The van der Waals surface area contributed by atoms with Crippen LogP contribution in [-0.4, -0.2) is 56.5 Å². The zero-order valence-corrected chi connectivity index (χ0v) is 19.2. The molecule has 0 spiro atoms. The maximum atomic E-state index is 13.3. The van der Waals surface area contributed by atoms with Gasteiger partial charge in [0.2, 0.25) is 0 Å². The van der Waals surface area contributed by atoms with Crippen LogP contribution in [0.4, 0.5) is 13.2 Å². The SMILES string of the molecule is Cc1ccc(-c2ccnc3c(C(=O)N4CCN(Cc5cccc(C(F)(F)F)c5)CC4)cnn23)cc1. The third-order valence-electron chi connectivity index (χ3n) is 6.30. The summed E-state index contributed by atoms with van der Waals surface area (Å²) in [6.07, 6.45) is -1.13. The summed E-state index contributed by atoms with van der Waals surface area (Å²) >= 11 is 0. The molecule has 1 aliphatic heterocycles. The van der Waals surface area contributed by atoms with Gasteiger partial charge in [0.1, 0.15) is 5.56 Å². The molecule has 5 rings (SSSR count). The van der Waals surface area contributed by atoms with Gasteiger partial charge in [-0.2, -0.15) is 18.3 Å². The molecule has 0 bridgehead atoms. The van der Waals surface area contributed by atoms with Crippen LogP contribution in [0.25, 0.3) is 16.9 Å². The number of rotatable bonds is 4. The van der Waals surface area contributed by atoms with Crippen LogP contribution in [0.15, 0.2) is 67.0 Å². The van der Waals surface area contributed by atoms with Gasteiger partial charge < -0.3 is 4.90 Å². The largest absolute Gasteiger partial charge is 0.416 e. The molecule has 6 nitrogen and oxygen atoms in total. The van der Waals surface area contributed by atoms with E-state index in [0.717, 1.165) is 22.9 Å². The van der Waals surface area contributed by atoms with Crippen molar-refractivity contribution in [3.63, 3.8) is 0 Å². The molecule has 0 N–H and O–H groups in total. The van der Waals surface area contributed by atoms with E-state index in [-0.39, 0.29) is 5.91 Å². The van der Waals surface area contributed by atoms with E-state index < -0.39 is 11.7 Å². The quantitative estimate of drug-likeness (QED) is 0.427. The van der Waals surface area contributed by atoms with E-state index in [1.54, 1.807) is 27.9 Å². The lowest BCUT2D eigenvalue weighted by atomic mass is 10.1. The number of amides is 1. The van der Waals surface area contributed by atoms with Crippen molar-refractivity contribution in [2.24, 2.45) is 0 Å². The molecule has 180 valence electrons. The van der Waals surface area contributed by atoms with Crippen LogP contribution in [-0.2, 0) is 12.7 Å². The Morgan fingerprint density at radius 2 is 1.74 bits per heavy atom. The number of halogens is 3. The molecular weight excluding hydrogens is 455 g/mol. The van der Waals surface area contributed by atoms with Gasteiger partial charge >= 0.3 is 6.18 Å². The van der Waals surface area contributed by atoms with Gasteiger partial charge in [0.25, 0.3) is 5.91 Å². The van der Waals surface area contributed by atoms with E-state index in [0.29, 0.717) is 49.5 Å². The first kappa shape index (κ1) is 23.0. The Hall–Kier alpha value is -3.72. The number of aromatic nitrogens is 3. The molecule has 1 aliphatic rings. The zero-order valence-electron chi connectivity index (χ0n) is 19.2. The van der Waals surface area contributed by atoms with Crippen molar-refractivity contribution in [1.29, 1.82) is 0 Å². The molecule has 3 heterocycles. The van der Waals surface area contributed by atoms with Crippen molar-refractivity contribution in [2.45, 2.75) is 19.6 Å². The van der Waals surface area contributed by atoms with E-state index in [9.17, 15) is 18.0 Å². The van der Waals surface area contributed by atoms with Gasteiger partial charge in [0.05, 0.1) is 17.5 Å². The fourth-order valence-corrected chi connectivity index (χ4v) is 4.37. The lowest BCUT2D eigenvalue weighted by Gasteiger charge is -2.34. The molecule has 0 radical (unpaired) electrons. The van der Waals surface area contributed by atoms with E-state index in [2.05, 4.69) is 15.0 Å². The van der Waals surface area contributed by atoms with Crippen LogP contribution in [0.5, 0.6) is 0 Å². The van der Waals surface area contributed by atoms with E-state index >= 15 is 0 Å². The van der Waals surface area contributed by atoms with Crippen molar-refractivity contribution < 1.29 is 18.0 Å². The lowest BCUT2D eigenvalue weighted by Crippen LogP contribution is -2.48. The Labute approximate surface area is 200 Å². The Balaban J connectivity index is 1.28. The fraction of sp³-hybridized carbons (Fsp3) is 0.269. The van der Waals surface area contributed by atoms with Gasteiger partial charge in [-0.3, -0.25) is 9.69 Å². The van der Waals surface area contributed by atoms with Crippen molar-refractivity contribution >= 4 is 11.6 Å².